The number of carbonyl (C=O) groups is 1. The molecule has 1 aliphatic carbocycles. The summed E-state index contributed by atoms with van der Waals surface area (Å²) in [5.41, 5.74) is 5.97. The van der Waals surface area contributed by atoms with Crippen molar-refractivity contribution in [2.24, 2.45) is 11.1 Å². The molecule has 2 N–H and O–H groups in total. The molecule has 2 aliphatic rings. The third kappa shape index (κ3) is 4.59. The molecule has 2 rings (SSSR count). The lowest BCUT2D eigenvalue weighted by molar-refractivity contribution is -0.134. The third-order valence-electron chi connectivity index (χ3n) is 5.08. The van der Waals surface area contributed by atoms with Crippen molar-refractivity contribution in [1.29, 1.82) is 0 Å². The Morgan fingerprint density at radius 1 is 1.23 bits per heavy atom. The fourth-order valence-electron chi connectivity index (χ4n) is 3.39. The molecule has 1 unspecified atom stereocenters. The monoisotopic (exact) mass is 352 g/mol. The Morgan fingerprint density at radius 3 is 2.36 bits per heavy atom. The van der Waals surface area contributed by atoms with Crippen LogP contribution in [0.3, 0.4) is 0 Å². The van der Waals surface area contributed by atoms with Gasteiger partial charge in [-0.05, 0) is 24.7 Å². The van der Waals surface area contributed by atoms with Gasteiger partial charge in [-0.15, -0.1) is 12.4 Å². The summed E-state index contributed by atoms with van der Waals surface area (Å²) in [6.45, 7) is 5.39. The Hall–Kier alpha value is -0.330. The third-order valence-corrected chi connectivity index (χ3v) is 7.34. The molecule has 1 heterocycles. The fourth-order valence-corrected chi connectivity index (χ4v) is 5.23. The predicted molar refractivity (Wildman–Crippen MR) is 90.9 cm³/mol. The molecular formula is C15H29ClN2O3S. The molecule has 7 heteroatoms. The van der Waals surface area contributed by atoms with Crippen LogP contribution >= 0.6 is 12.4 Å². The van der Waals surface area contributed by atoms with Gasteiger partial charge >= 0.3 is 0 Å². The van der Waals surface area contributed by atoms with Gasteiger partial charge in [0.1, 0.15) is 0 Å². The van der Waals surface area contributed by atoms with Gasteiger partial charge in [0.15, 0.2) is 9.84 Å². The van der Waals surface area contributed by atoms with Crippen molar-refractivity contribution in [3.8, 4) is 0 Å². The van der Waals surface area contributed by atoms with Crippen LogP contribution in [-0.2, 0) is 14.6 Å². The second-order valence-corrected chi connectivity index (χ2v) is 9.62. The first-order valence-corrected chi connectivity index (χ1v) is 9.69. The summed E-state index contributed by atoms with van der Waals surface area (Å²) in [4.78, 5) is 14.1. The Labute approximate surface area is 140 Å². The zero-order valence-electron chi connectivity index (χ0n) is 13.6. The minimum atomic E-state index is -3.11. The Balaban J connectivity index is 0.00000242. The van der Waals surface area contributed by atoms with E-state index in [9.17, 15) is 13.2 Å². The van der Waals surface area contributed by atoms with Crippen LogP contribution in [0.1, 0.15) is 52.4 Å². The van der Waals surface area contributed by atoms with Crippen molar-refractivity contribution in [1.82, 2.24) is 4.90 Å². The molecule has 130 valence electrons. The van der Waals surface area contributed by atoms with Gasteiger partial charge in [0, 0.05) is 25.6 Å². The van der Waals surface area contributed by atoms with Gasteiger partial charge in [-0.25, -0.2) is 8.42 Å². The van der Waals surface area contributed by atoms with E-state index < -0.39 is 9.84 Å². The zero-order chi connectivity index (χ0) is 15.7. The van der Waals surface area contributed by atoms with Crippen molar-refractivity contribution >= 4 is 28.2 Å². The lowest BCUT2D eigenvalue weighted by Gasteiger charge is -2.42. The van der Waals surface area contributed by atoms with Gasteiger partial charge < -0.3 is 10.6 Å². The highest BCUT2D eigenvalue weighted by Gasteiger charge is 2.36. The van der Waals surface area contributed by atoms with Crippen LogP contribution in [0.2, 0.25) is 0 Å². The molecule has 0 aromatic rings. The van der Waals surface area contributed by atoms with Crippen molar-refractivity contribution < 1.29 is 13.2 Å². The van der Waals surface area contributed by atoms with Crippen molar-refractivity contribution in [3.63, 3.8) is 0 Å². The number of piperidine rings is 1. The van der Waals surface area contributed by atoms with Gasteiger partial charge in [-0.1, -0.05) is 26.7 Å². The van der Waals surface area contributed by atoms with E-state index in [2.05, 4.69) is 13.8 Å². The highest BCUT2D eigenvalue weighted by molar-refractivity contribution is 7.92. The topological polar surface area (TPSA) is 80.5 Å². The lowest BCUT2D eigenvalue weighted by Crippen LogP contribution is -2.54. The van der Waals surface area contributed by atoms with E-state index in [4.69, 9.17) is 5.73 Å². The molecule has 0 aromatic carbocycles. The summed E-state index contributed by atoms with van der Waals surface area (Å²) >= 11 is 0. The second-order valence-electron chi connectivity index (χ2n) is 7.22. The maximum Gasteiger partial charge on any atom is 0.223 e. The SMILES string of the molecule is CC1(C)CN(C(=O)CCS(=O)(=O)C2CCCC2)CCC1N.Cl. The summed E-state index contributed by atoms with van der Waals surface area (Å²) in [5.74, 6) is -0.0454. The first-order valence-electron chi connectivity index (χ1n) is 7.97. The lowest BCUT2D eigenvalue weighted by atomic mass is 9.79. The van der Waals surface area contributed by atoms with Crippen molar-refractivity contribution in [2.45, 2.75) is 63.7 Å². The Morgan fingerprint density at radius 2 is 1.82 bits per heavy atom. The zero-order valence-corrected chi connectivity index (χ0v) is 15.2. The van der Waals surface area contributed by atoms with Crippen LogP contribution in [0.25, 0.3) is 0 Å². The van der Waals surface area contributed by atoms with Crippen LogP contribution in [0.5, 0.6) is 0 Å². The summed E-state index contributed by atoms with van der Waals surface area (Å²) < 4.78 is 24.4. The number of carbonyl (C=O) groups excluding carboxylic acids is 1. The van der Waals surface area contributed by atoms with Crippen molar-refractivity contribution in [2.75, 3.05) is 18.8 Å². The number of nitrogens with two attached hydrogens (primary N) is 1. The Bertz CT molecular complexity index is 487. The molecule has 5 nitrogen and oxygen atoms in total. The molecule has 0 spiro atoms. The van der Waals surface area contributed by atoms with E-state index in [0.717, 1.165) is 32.1 Å². The number of sulfone groups is 1. The molecular weight excluding hydrogens is 324 g/mol. The number of halogens is 1. The standard InChI is InChI=1S/C15H28N2O3S.ClH/c1-15(2)11-17(9-7-13(15)16)14(18)8-10-21(19,20)12-5-3-4-6-12;/h12-13H,3-11,16H2,1-2H3;1H. The second kappa shape index (κ2) is 7.49. The predicted octanol–water partition coefficient (Wildman–Crippen LogP) is 1.74. The van der Waals surface area contributed by atoms with Crippen LogP contribution in [0.15, 0.2) is 0 Å². The van der Waals surface area contributed by atoms with Gasteiger partial charge in [0.25, 0.3) is 0 Å². The van der Waals surface area contributed by atoms with Crippen LogP contribution in [-0.4, -0.2) is 49.4 Å². The molecule has 0 aromatic heterocycles. The average molecular weight is 353 g/mol. The van der Waals surface area contributed by atoms with E-state index in [1.54, 1.807) is 4.90 Å². The van der Waals surface area contributed by atoms with E-state index in [1.165, 1.54) is 0 Å². The molecule has 0 radical (unpaired) electrons. The maximum absolute atomic E-state index is 12.3. The summed E-state index contributed by atoms with van der Waals surface area (Å²) in [5, 5.41) is -0.212. The summed E-state index contributed by atoms with van der Waals surface area (Å²) in [6.07, 6.45) is 4.43. The molecule has 22 heavy (non-hydrogen) atoms. The van der Waals surface area contributed by atoms with Gasteiger partial charge in [-0.2, -0.15) is 0 Å². The van der Waals surface area contributed by atoms with Crippen LogP contribution < -0.4 is 5.73 Å². The van der Waals surface area contributed by atoms with Crippen molar-refractivity contribution in [3.05, 3.63) is 0 Å². The smallest absolute Gasteiger partial charge is 0.223 e. The Kier molecular flexibility index (Phi) is 6.72. The van der Waals surface area contributed by atoms with E-state index >= 15 is 0 Å². The van der Waals surface area contributed by atoms with E-state index in [1.807, 2.05) is 0 Å². The molecule has 1 aliphatic heterocycles. The number of nitrogens with zero attached hydrogens (tertiary/aromatic N) is 1. The first-order chi connectivity index (χ1) is 9.72. The number of amides is 1. The van der Waals surface area contributed by atoms with E-state index in [0.29, 0.717) is 13.1 Å². The number of rotatable bonds is 4. The summed E-state index contributed by atoms with van der Waals surface area (Å²) in [6, 6.07) is 0.101. The molecule has 0 bridgehead atoms. The van der Waals surface area contributed by atoms with Crippen LogP contribution in [0, 0.1) is 5.41 Å². The molecule has 1 saturated heterocycles. The minimum absolute atomic E-state index is 0. The fraction of sp³-hybridized carbons (Fsp3) is 0.933. The molecule has 2 fully saturated rings. The maximum atomic E-state index is 12.3. The normalized spacial score (nSPS) is 25.8. The highest BCUT2D eigenvalue weighted by Crippen LogP contribution is 2.29. The van der Waals surface area contributed by atoms with Gasteiger partial charge in [0.2, 0.25) is 5.91 Å². The number of hydrogen-bond donors (Lipinski definition) is 1. The average Bonchev–Trinajstić information content (AvgIpc) is 2.94. The molecule has 1 saturated carbocycles. The quantitative estimate of drug-likeness (QED) is 0.835. The van der Waals surface area contributed by atoms with Crippen LogP contribution in [0.4, 0.5) is 0 Å². The van der Waals surface area contributed by atoms with E-state index in [-0.39, 0.29) is 47.2 Å². The summed E-state index contributed by atoms with van der Waals surface area (Å²) in [7, 11) is -3.11. The number of hydrogen-bond acceptors (Lipinski definition) is 4. The minimum Gasteiger partial charge on any atom is -0.342 e. The molecule has 1 amide bonds. The largest absolute Gasteiger partial charge is 0.342 e. The van der Waals surface area contributed by atoms with Gasteiger partial charge in [0.05, 0.1) is 11.0 Å². The first kappa shape index (κ1) is 19.7. The van der Waals surface area contributed by atoms with Gasteiger partial charge in [-0.3, -0.25) is 4.79 Å². The number of likely N-dealkylation sites (tertiary alicyclic amines) is 1. The highest BCUT2D eigenvalue weighted by atomic mass is 35.5. The molecule has 1 atom stereocenters.